The van der Waals surface area contributed by atoms with Crippen molar-refractivity contribution in [2.45, 2.75) is 17.9 Å². The van der Waals surface area contributed by atoms with E-state index in [0.717, 1.165) is 12.1 Å². The van der Waals surface area contributed by atoms with Crippen LogP contribution in [0.25, 0.3) is 0 Å². The molecule has 1 aromatic carbocycles. The van der Waals surface area contributed by atoms with Crippen molar-refractivity contribution in [1.29, 1.82) is 0 Å². The molecule has 0 fully saturated rings. The summed E-state index contributed by atoms with van der Waals surface area (Å²) in [6.07, 6.45) is 0. The van der Waals surface area contributed by atoms with Gasteiger partial charge in [-0.05, 0) is 31.2 Å². The second-order valence-electron chi connectivity index (χ2n) is 3.21. The number of benzene rings is 1. The molecule has 4 nitrogen and oxygen atoms in total. The van der Waals surface area contributed by atoms with Crippen LogP contribution >= 0.6 is 0 Å². The van der Waals surface area contributed by atoms with E-state index < -0.39 is 15.8 Å². The van der Waals surface area contributed by atoms with E-state index >= 15 is 0 Å². The molecule has 0 aliphatic rings. The van der Waals surface area contributed by atoms with Crippen molar-refractivity contribution in [2.24, 2.45) is 5.73 Å². The molecular weight excluding hydrogens is 219 g/mol. The minimum Gasteiger partial charge on any atom is -0.329 e. The Morgan fingerprint density at radius 2 is 1.93 bits per heavy atom. The zero-order valence-corrected chi connectivity index (χ0v) is 9.09. The predicted molar refractivity (Wildman–Crippen MR) is 55.2 cm³/mol. The number of halogens is 1. The average Bonchev–Trinajstić information content (AvgIpc) is 2.17. The molecule has 0 saturated carbocycles. The van der Waals surface area contributed by atoms with Gasteiger partial charge in [-0.25, -0.2) is 17.5 Å². The summed E-state index contributed by atoms with van der Waals surface area (Å²) in [4.78, 5) is 0.0317. The highest BCUT2D eigenvalue weighted by Gasteiger charge is 2.16. The van der Waals surface area contributed by atoms with Gasteiger partial charge in [-0.2, -0.15) is 0 Å². The van der Waals surface area contributed by atoms with Crippen LogP contribution in [0.2, 0.25) is 0 Å². The molecule has 0 amide bonds. The molecule has 0 unspecified atom stereocenters. The van der Waals surface area contributed by atoms with Gasteiger partial charge >= 0.3 is 0 Å². The van der Waals surface area contributed by atoms with Gasteiger partial charge in [0.05, 0.1) is 4.90 Å². The molecule has 0 radical (unpaired) electrons. The number of rotatable bonds is 4. The Morgan fingerprint density at radius 1 is 1.40 bits per heavy atom. The maximum atomic E-state index is 12.6. The Kier molecular flexibility index (Phi) is 3.78. The third-order valence-corrected chi connectivity index (χ3v) is 3.44. The second-order valence-corrected chi connectivity index (χ2v) is 4.93. The van der Waals surface area contributed by atoms with Crippen LogP contribution in [0.1, 0.15) is 6.92 Å². The first-order chi connectivity index (χ1) is 6.95. The maximum Gasteiger partial charge on any atom is 0.240 e. The molecule has 0 aromatic heterocycles. The highest BCUT2D eigenvalue weighted by atomic mass is 32.2. The Balaban J connectivity index is 2.91. The van der Waals surface area contributed by atoms with E-state index in [1.807, 2.05) is 0 Å². The SMILES string of the molecule is C[C@H](CN)NS(=O)(=O)c1ccc(F)cc1. The van der Waals surface area contributed by atoms with Crippen LogP contribution in [-0.4, -0.2) is 21.0 Å². The topological polar surface area (TPSA) is 72.2 Å². The van der Waals surface area contributed by atoms with Gasteiger partial charge < -0.3 is 5.73 Å². The number of hydrogen-bond donors (Lipinski definition) is 2. The Bertz CT molecular complexity index is 416. The van der Waals surface area contributed by atoms with Gasteiger partial charge in [0, 0.05) is 12.6 Å². The normalized spacial score (nSPS) is 13.8. The summed E-state index contributed by atoms with van der Waals surface area (Å²) in [5.74, 6) is -0.471. The van der Waals surface area contributed by atoms with Crippen LogP contribution < -0.4 is 10.5 Å². The molecule has 6 heteroatoms. The number of hydrogen-bond acceptors (Lipinski definition) is 3. The fraction of sp³-hybridized carbons (Fsp3) is 0.333. The average molecular weight is 232 g/mol. The van der Waals surface area contributed by atoms with E-state index in [4.69, 9.17) is 5.73 Å². The van der Waals surface area contributed by atoms with Gasteiger partial charge in [0.15, 0.2) is 0 Å². The summed E-state index contributed by atoms with van der Waals surface area (Å²) in [6.45, 7) is 1.86. The van der Waals surface area contributed by atoms with Gasteiger partial charge in [0.1, 0.15) is 5.82 Å². The molecule has 84 valence electrons. The van der Waals surface area contributed by atoms with E-state index in [9.17, 15) is 12.8 Å². The van der Waals surface area contributed by atoms with Crippen LogP contribution in [0.3, 0.4) is 0 Å². The highest BCUT2D eigenvalue weighted by molar-refractivity contribution is 7.89. The van der Waals surface area contributed by atoms with Crippen molar-refractivity contribution in [1.82, 2.24) is 4.72 Å². The van der Waals surface area contributed by atoms with Gasteiger partial charge in [0.25, 0.3) is 0 Å². The van der Waals surface area contributed by atoms with Crippen LogP contribution in [0.15, 0.2) is 29.2 Å². The molecule has 0 aliphatic heterocycles. The summed E-state index contributed by atoms with van der Waals surface area (Å²) in [7, 11) is -3.59. The molecule has 0 spiro atoms. The van der Waals surface area contributed by atoms with Gasteiger partial charge in [-0.15, -0.1) is 0 Å². The zero-order chi connectivity index (χ0) is 11.5. The van der Waals surface area contributed by atoms with Crippen molar-refractivity contribution >= 4 is 10.0 Å². The third-order valence-electron chi connectivity index (χ3n) is 1.83. The monoisotopic (exact) mass is 232 g/mol. The summed E-state index contributed by atoms with van der Waals surface area (Å²) in [5, 5.41) is 0. The molecular formula is C9H13FN2O2S. The summed E-state index contributed by atoms with van der Waals surface area (Å²) < 4.78 is 38.2. The Morgan fingerprint density at radius 3 is 2.40 bits per heavy atom. The highest BCUT2D eigenvalue weighted by Crippen LogP contribution is 2.09. The van der Waals surface area contributed by atoms with Crippen molar-refractivity contribution in [3.8, 4) is 0 Å². The number of nitrogens with one attached hydrogen (secondary N) is 1. The number of nitrogens with two attached hydrogens (primary N) is 1. The standard InChI is InChI=1S/C9H13FN2O2S/c1-7(6-11)12-15(13,14)9-4-2-8(10)3-5-9/h2-5,7,12H,6,11H2,1H3/t7-/m1/s1. The Hall–Kier alpha value is -0.980. The molecule has 1 rings (SSSR count). The predicted octanol–water partition coefficient (Wildman–Crippen LogP) is 0.451. The van der Waals surface area contributed by atoms with Gasteiger partial charge in [-0.3, -0.25) is 0 Å². The summed E-state index contributed by atoms with van der Waals surface area (Å²) >= 11 is 0. The molecule has 0 bridgehead atoms. The molecule has 1 atom stereocenters. The molecule has 1 aromatic rings. The van der Waals surface area contributed by atoms with E-state index in [1.165, 1.54) is 12.1 Å². The first-order valence-electron chi connectivity index (χ1n) is 4.43. The van der Waals surface area contributed by atoms with Crippen molar-refractivity contribution in [2.75, 3.05) is 6.54 Å². The van der Waals surface area contributed by atoms with Crippen LogP contribution in [0.4, 0.5) is 4.39 Å². The largest absolute Gasteiger partial charge is 0.329 e. The lowest BCUT2D eigenvalue weighted by Gasteiger charge is -2.11. The van der Waals surface area contributed by atoms with Gasteiger partial charge in [-0.1, -0.05) is 0 Å². The minimum atomic E-state index is -3.59. The smallest absolute Gasteiger partial charge is 0.240 e. The van der Waals surface area contributed by atoms with Gasteiger partial charge in [0.2, 0.25) is 10.0 Å². The maximum absolute atomic E-state index is 12.6. The molecule has 15 heavy (non-hydrogen) atoms. The first kappa shape index (κ1) is 12.1. The lowest BCUT2D eigenvalue weighted by atomic mass is 10.4. The van der Waals surface area contributed by atoms with Crippen LogP contribution in [0.5, 0.6) is 0 Å². The fourth-order valence-corrected chi connectivity index (χ4v) is 2.25. The Labute approximate surface area is 88.3 Å². The lowest BCUT2D eigenvalue weighted by molar-refractivity contribution is 0.562. The lowest BCUT2D eigenvalue weighted by Crippen LogP contribution is -2.37. The van der Waals surface area contributed by atoms with E-state index in [1.54, 1.807) is 6.92 Å². The van der Waals surface area contributed by atoms with Crippen molar-refractivity contribution in [3.05, 3.63) is 30.1 Å². The van der Waals surface area contributed by atoms with Crippen LogP contribution in [0, 0.1) is 5.82 Å². The first-order valence-corrected chi connectivity index (χ1v) is 5.92. The molecule has 3 N–H and O–H groups in total. The summed E-state index contributed by atoms with van der Waals surface area (Å²) in [5.41, 5.74) is 5.29. The molecule has 0 saturated heterocycles. The second kappa shape index (κ2) is 4.69. The number of sulfonamides is 1. The zero-order valence-electron chi connectivity index (χ0n) is 8.27. The van der Waals surface area contributed by atoms with Crippen molar-refractivity contribution in [3.63, 3.8) is 0 Å². The minimum absolute atomic E-state index is 0.0317. The van der Waals surface area contributed by atoms with Crippen LogP contribution in [-0.2, 0) is 10.0 Å². The van der Waals surface area contributed by atoms with E-state index in [2.05, 4.69) is 4.72 Å². The molecule has 0 heterocycles. The van der Waals surface area contributed by atoms with Crippen molar-refractivity contribution < 1.29 is 12.8 Å². The van der Waals surface area contributed by atoms with E-state index in [0.29, 0.717) is 0 Å². The molecule has 0 aliphatic carbocycles. The van der Waals surface area contributed by atoms with E-state index in [-0.39, 0.29) is 17.5 Å². The quantitative estimate of drug-likeness (QED) is 0.791. The third kappa shape index (κ3) is 3.26. The summed E-state index contributed by atoms with van der Waals surface area (Å²) in [6, 6.07) is 4.27. The fourth-order valence-electron chi connectivity index (χ4n) is 0.995.